The van der Waals surface area contributed by atoms with Gasteiger partial charge in [-0.05, 0) is 42.4 Å². The molecule has 23 heavy (non-hydrogen) atoms. The second kappa shape index (κ2) is 4.95. The van der Waals surface area contributed by atoms with Gasteiger partial charge in [0.1, 0.15) is 0 Å². The molecule has 122 valence electrons. The molecule has 0 spiro atoms. The highest BCUT2D eigenvalue weighted by Crippen LogP contribution is 2.60. The highest BCUT2D eigenvalue weighted by atomic mass is 35.5. The monoisotopic (exact) mass is 333 g/mol. The fraction of sp³-hybridized carbons (Fsp3) is 0.529. The third-order valence-corrected chi connectivity index (χ3v) is 5.55. The molecule has 2 fully saturated rings. The zero-order valence-electron chi connectivity index (χ0n) is 13.1. The van der Waals surface area contributed by atoms with Crippen LogP contribution >= 0.6 is 11.6 Å². The molecule has 0 aliphatic heterocycles. The summed E-state index contributed by atoms with van der Waals surface area (Å²) in [6, 6.07) is 3.87. The van der Waals surface area contributed by atoms with E-state index in [1.807, 2.05) is 26.0 Å². The van der Waals surface area contributed by atoms with Gasteiger partial charge in [-0.15, -0.1) is 0 Å². The molecule has 1 aromatic carbocycles. The molecule has 1 aromatic heterocycles. The number of carbonyl (C=O) groups excluding carboxylic acids is 1. The predicted octanol–water partition coefficient (Wildman–Crippen LogP) is 2.58. The van der Waals surface area contributed by atoms with Crippen LogP contribution in [0.1, 0.15) is 32.3 Å². The van der Waals surface area contributed by atoms with E-state index in [1.54, 1.807) is 6.20 Å². The first kappa shape index (κ1) is 15.0. The maximum atomic E-state index is 11.8. The van der Waals surface area contributed by atoms with E-state index in [4.69, 9.17) is 11.6 Å². The highest BCUT2D eigenvalue weighted by molar-refractivity contribution is 6.31. The van der Waals surface area contributed by atoms with Crippen molar-refractivity contribution in [3.63, 3.8) is 0 Å². The van der Waals surface area contributed by atoms with Crippen molar-refractivity contribution in [2.45, 2.75) is 38.3 Å². The zero-order valence-corrected chi connectivity index (χ0v) is 13.9. The number of carbonyl (C=O) groups is 1. The van der Waals surface area contributed by atoms with Gasteiger partial charge in [-0.3, -0.25) is 9.89 Å². The van der Waals surface area contributed by atoms with Crippen LogP contribution < -0.4 is 5.32 Å². The van der Waals surface area contributed by atoms with Gasteiger partial charge in [0.25, 0.3) is 0 Å². The van der Waals surface area contributed by atoms with Crippen molar-refractivity contribution in [2.24, 2.45) is 17.8 Å². The molecule has 2 aromatic rings. The van der Waals surface area contributed by atoms with Crippen LogP contribution in [0.4, 0.5) is 0 Å². The first-order valence-corrected chi connectivity index (χ1v) is 8.43. The van der Waals surface area contributed by atoms with Crippen molar-refractivity contribution < 1.29 is 9.90 Å². The van der Waals surface area contributed by atoms with Crippen molar-refractivity contribution in [1.29, 1.82) is 0 Å². The summed E-state index contributed by atoms with van der Waals surface area (Å²) in [5, 5.41) is 22.7. The van der Waals surface area contributed by atoms with Crippen LogP contribution in [-0.2, 0) is 10.4 Å². The van der Waals surface area contributed by atoms with Crippen LogP contribution in [0.5, 0.6) is 0 Å². The van der Waals surface area contributed by atoms with E-state index in [1.165, 1.54) is 0 Å². The SMILES string of the molecule is CC(C)C(=O)NC1C2CC(O)(c3cc(Cl)cc4[nH]ncc34)CC21. The van der Waals surface area contributed by atoms with E-state index in [-0.39, 0.29) is 17.9 Å². The van der Waals surface area contributed by atoms with E-state index in [2.05, 4.69) is 15.5 Å². The number of aliphatic hydroxyl groups is 1. The first-order valence-electron chi connectivity index (χ1n) is 8.05. The van der Waals surface area contributed by atoms with Crippen molar-refractivity contribution >= 4 is 28.4 Å². The zero-order chi connectivity index (χ0) is 16.4. The minimum atomic E-state index is -0.887. The molecule has 4 rings (SSSR count). The second-order valence-electron chi connectivity index (χ2n) is 7.24. The van der Waals surface area contributed by atoms with E-state index in [0.717, 1.165) is 16.5 Å². The van der Waals surface area contributed by atoms with Crippen LogP contribution in [0.2, 0.25) is 5.02 Å². The second-order valence-corrected chi connectivity index (χ2v) is 7.68. The van der Waals surface area contributed by atoms with Gasteiger partial charge in [0, 0.05) is 22.4 Å². The Hall–Kier alpha value is -1.59. The molecule has 2 aliphatic rings. The third kappa shape index (κ3) is 2.34. The lowest BCUT2D eigenvalue weighted by molar-refractivity contribution is -0.124. The van der Waals surface area contributed by atoms with E-state index in [9.17, 15) is 9.90 Å². The molecule has 1 amide bonds. The number of amides is 1. The Morgan fingerprint density at radius 3 is 2.78 bits per heavy atom. The Kier molecular flexibility index (Phi) is 3.22. The van der Waals surface area contributed by atoms with Crippen LogP contribution in [0, 0.1) is 17.8 Å². The summed E-state index contributed by atoms with van der Waals surface area (Å²) >= 11 is 6.19. The largest absolute Gasteiger partial charge is 0.385 e. The fourth-order valence-electron chi connectivity index (χ4n) is 4.03. The molecule has 2 saturated carbocycles. The smallest absolute Gasteiger partial charge is 0.222 e. The minimum Gasteiger partial charge on any atom is -0.385 e. The normalized spacial score (nSPS) is 32.3. The van der Waals surface area contributed by atoms with Gasteiger partial charge >= 0.3 is 0 Å². The molecule has 0 radical (unpaired) electrons. The molecule has 2 unspecified atom stereocenters. The molecule has 0 bridgehead atoms. The molecule has 5 nitrogen and oxygen atoms in total. The predicted molar refractivity (Wildman–Crippen MR) is 88.0 cm³/mol. The van der Waals surface area contributed by atoms with Gasteiger partial charge in [0.05, 0.1) is 17.3 Å². The molecule has 2 aliphatic carbocycles. The molecule has 0 saturated heterocycles. The molecule has 3 N–H and O–H groups in total. The lowest BCUT2D eigenvalue weighted by Gasteiger charge is -2.27. The maximum absolute atomic E-state index is 11.8. The molecule has 6 heteroatoms. The van der Waals surface area contributed by atoms with Gasteiger partial charge in [-0.2, -0.15) is 5.10 Å². The molecular weight excluding hydrogens is 314 g/mol. The van der Waals surface area contributed by atoms with E-state index in [0.29, 0.717) is 29.7 Å². The van der Waals surface area contributed by atoms with Gasteiger partial charge in [-0.1, -0.05) is 25.4 Å². The summed E-state index contributed by atoms with van der Waals surface area (Å²) in [7, 11) is 0. The Labute approximate surface area is 139 Å². The van der Waals surface area contributed by atoms with Crippen LogP contribution in [0.15, 0.2) is 18.3 Å². The van der Waals surface area contributed by atoms with Crippen molar-refractivity contribution in [1.82, 2.24) is 15.5 Å². The van der Waals surface area contributed by atoms with Crippen molar-refractivity contribution in [3.8, 4) is 0 Å². The quantitative estimate of drug-likeness (QED) is 0.808. The summed E-state index contributed by atoms with van der Waals surface area (Å²) in [4.78, 5) is 11.8. The van der Waals surface area contributed by atoms with Crippen LogP contribution in [0.25, 0.3) is 10.9 Å². The van der Waals surface area contributed by atoms with Crippen molar-refractivity contribution in [2.75, 3.05) is 0 Å². The lowest BCUT2D eigenvalue weighted by atomic mass is 9.86. The van der Waals surface area contributed by atoms with Crippen LogP contribution in [0.3, 0.4) is 0 Å². The summed E-state index contributed by atoms with van der Waals surface area (Å²) in [6.45, 7) is 3.79. The number of aromatic nitrogens is 2. The number of nitrogens with one attached hydrogen (secondary N) is 2. The van der Waals surface area contributed by atoms with E-state index < -0.39 is 5.60 Å². The molecule has 1 heterocycles. The lowest BCUT2D eigenvalue weighted by Crippen LogP contribution is -2.35. The fourth-order valence-corrected chi connectivity index (χ4v) is 4.25. The summed E-state index contributed by atoms with van der Waals surface area (Å²) < 4.78 is 0. The number of H-pyrrole nitrogens is 1. The molecular formula is C17H20ClN3O2. The maximum Gasteiger partial charge on any atom is 0.222 e. The summed E-state index contributed by atoms with van der Waals surface area (Å²) in [5.74, 6) is 0.786. The average molecular weight is 334 g/mol. The third-order valence-electron chi connectivity index (χ3n) is 5.34. The topological polar surface area (TPSA) is 78.0 Å². The molecule has 2 atom stereocenters. The standard InChI is InChI=1S/C17H20ClN3O2/c1-8(2)16(22)20-15-10-5-17(23,6-11(10)15)13-3-9(18)4-14-12(13)7-19-21-14/h3-4,7-8,10-11,15,23H,5-6H2,1-2H3,(H,19,21)(H,20,22). The number of aromatic amines is 1. The van der Waals surface area contributed by atoms with E-state index >= 15 is 0 Å². The number of rotatable bonds is 3. The first-order chi connectivity index (χ1) is 10.9. The van der Waals surface area contributed by atoms with Crippen molar-refractivity contribution in [3.05, 3.63) is 28.9 Å². The number of benzene rings is 1. The highest BCUT2D eigenvalue weighted by Gasteiger charge is 2.62. The Morgan fingerprint density at radius 2 is 2.13 bits per heavy atom. The number of hydrogen-bond acceptors (Lipinski definition) is 3. The van der Waals surface area contributed by atoms with Crippen LogP contribution in [-0.4, -0.2) is 27.3 Å². The summed E-state index contributed by atoms with van der Waals surface area (Å²) in [6.07, 6.45) is 3.05. The minimum absolute atomic E-state index is 0.00584. The van der Waals surface area contributed by atoms with Gasteiger partial charge in [-0.25, -0.2) is 0 Å². The number of nitrogens with zero attached hydrogens (tertiary/aromatic N) is 1. The number of halogens is 1. The summed E-state index contributed by atoms with van der Waals surface area (Å²) in [5.41, 5.74) is 0.794. The number of fused-ring (bicyclic) bond motifs is 2. The van der Waals surface area contributed by atoms with Gasteiger partial charge in [0.15, 0.2) is 0 Å². The Bertz CT molecular complexity index is 773. The van der Waals surface area contributed by atoms with Gasteiger partial charge < -0.3 is 10.4 Å². The Morgan fingerprint density at radius 1 is 1.43 bits per heavy atom. The average Bonchev–Trinajstić information content (AvgIpc) is 2.88. The van der Waals surface area contributed by atoms with Gasteiger partial charge in [0.2, 0.25) is 5.91 Å². The number of hydrogen-bond donors (Lipinski definition) is 3. The Balaban J connectivity index is 1.56.